The van der Waals surface area contributed by atoms with Gasteiger partial charge in [0, 0.05) is 16.7 Å². The maximum atomic E-state index is 13.1. The molecule has 2 aromatic heterocycles. The van der Waals surface area contributed by atoms with Gasteiger partial charge in [-0.15, -0.1) is 0 Å². The zero-order chi connectivity index (χ0) is 23.9. The largest absolute Gasteiger partial charge is 0.497 e. The topological polar surface area (TPSA) is 48.2 Å². The molecule has 0 saturated carbocycles. The van der Waals surface area contributed by atoms with Gasteiger partial charge in [-0.3, -0.25) is 0 Å². The molecule has 2 heterocycles. The van der Waals surface area contributed by atoms with Gasteiger partial charge in [0.05, 0.1) is 23.8 Å². The number of rotatable bonds is 4. The molecule has 0 radical (unpaired) electrons. The molecule has 170 valence electrons. The maximum absolute atomic E-state index is 13.1. The Bertz CT molecular complexity index is 1460. The van der Waals surface area contributed by atoms with Crippen LogP contribution in [-0.2, 0) is 6.18 Å². The number of hydrogen-bond donors (Lipinski definition) is 0. The fraction of sp³-hybridized carbons (Fsp3) is 0.111. The quantitative estimate of drug-likeness (QED) is 0.278. The van der Waals surface area contributed by atoms with Crippen molar-refractivity contribution in [2.24, 2.45) is 0 Å². The SMILES string of the molecule is COc1ccc(-c2c(-c3ccc(C(F)(F)F)cc3)oc3nc(-c4ccccc4)nc(C)c23)cc1. The van der Waals surface area contributed by atoms with Crippen molar-refractivity contribution in [1.82, 2.24) is 9.97 Å². The molecule has 0 saturated heterocycles. The number of halogens is 3. The van der Waals surface area contributed by atoms with Crippen LogP contribution in [0.1, 0.15) is 11.3 Å². The Balaban J connectivity index is 1.75. The molecule has 3 aromatic carbocycles. The Morgan fingerprint density at radius 1 is 0.765 bits per heavy atom. The fourth-order valence-electron chi connectivity index (χ4n) is 3.93. The van der Waals surface area contributed by atoms with Crippen LogP contribution >= 0.6 is 0 Å². The summed E-state index contributed by atoms with van der Waals surface area (Å²) in [6.45, 7) is 1.87. The van der Waals surface area contributed by atoms with E-state index in [4.69, 9.17) is 14.1 Å². The first-order valence-corrected chi connectivity index (χ1v) is 10.5. The van der Waals surface area contributed by atoms with Gasteiger partial charge in [-0.2, -0.15) is 18.2 Å². The average Bonchev–Trinajstić information content (AvgIpc) is 3.24. The minimum Gasteiger partial charge on any atom is -0.497 e. The first-order chi connectivity index (χ1) is 16.3. The summed E-state index contributed by atoms with van der Waals surface area (Å²) in [5.74, 6) is 1.63. The molecule has 0 atom stereocenters. The third-order valence-electron chi connectivity index (χ3n) is 5.62. The van der Waals surface area contributed by atoms with E-state index in [0.29, 0.717) is 39.7 Å². The number of hydrogen-bond acceptors (Lipinski definition) is 4. The van der Waals surface area contributed by atoms with Gasteiger partial charge in [-0.1, -0.05) is 54.6 Å². The molecule has 0 spiro atoms. The third-order valence-corrected chi connectivity index (χ3v) is 5.62. The zero-order valence-electron chi connectivity index (χ0n) is 18.4. The van der Waals surface area contributed by atoms with Crippen molar-refractivity contribution in [3.63, 3.8) is 0 Å². The molecule has 4 nitrogen and oxygen atoms in total. The van der Waals surface area contributed by atoms with Gasteiger partial charge in [-0.05, 0) is 36.8 Å². The van der Waals surface area contributed by atoms with Gasteiger partial charge < -0.3 is 9.15 Å². The number of aromatic nitrogens is 2. The molecule has 0 aliphatic carbocycles. The van der Waals surface area contributed by atoms with Crippen LogP contribution in [0.5, 0.6) is 5.75 Å². The molecule has 7 heteroatoms. The maximum Gasteiger partial charge on any atom is 0.416 e. The summed E-state index contributed by atoms with van der Waals surface area (Å²) in [4.78, 5) is 9.35. The number of benzene rings is 3. The van der Waals surface area contributed by atoms with Gasteiger partial charge >= 0.3 is 6.18 Å². The number of aryl methyl sites for hydroxylation is 1. The van der Waals surface area contributed by atoms with E-state index in [1.54, 1.807) is 7.11 Å². The highest BCUT2D eigenvalue weighted by atomic mass is 19.4. The van der Waals surface area contributed by atoms with E-state index in [1.165, 1.54) is 12.1 Å². The van der Waals surface area contributed by atoms with E-state index in [1.807, 2.05) is 61.5 Å². The van der Waals surface area contributed by atoms with Gasteiger partial charge in [0.25, 0.3) is 0 Å². The van der Waals surface area contributed by atoms with Gasteiger partial charge in [0.2, 0.25) is 5.71 Å². The molecule has 0 fully saturated rings. The van der Waals surface area contributed by atoms with E-state index in [-0.39, 0.29) is 0 Å². The van der Waals surface area contributed by atoms with Gasteiger partial charge in [-0.25, -0.2) is 4.98 Å². The molecule has 0 aliphatic heterocycles. The van der Waals surface area contributed by atoms with Gasteiger partial charge in [0.15, 0.2) is 5.82 Å². The highest BCUT2D eigenvalue weighted by Crippen LogP contribution is 2.43. The first kappa shape index (κ1) is 21.7. The highest BCUT2D eigenvalue weighted by Gasteiger charge is 2.30. The lowest BCUT2D eigenvalue weighted by Crippen LogP contribution is -2.03. The minimum atomic E-state index is -4.42. The molecule has 0 aliphatic rings. The second-order valence-corrected chi connectivity index (χ2v) is 7.79. The number of nitrogens with zero attached hydrogens (tertiary/aromatic N) is 2. The van der Waals surface area contributed by atoms with E-state index in [2.05, 4.69) is 4.98 Å². The third kappa shape index (κ3) is 3.90. The predicted molar refractivity (Wildman–Crippen MR) is 124 cm³/mol. The van der Waals surface area contributed by atoms with Crippen molar-refractivity contribution in [3.05, 3.63) is 90.1 Å². The smallest absolute Gasteiger partial charge is 0.416 e. The number of furan rings is 1. The second-order valence-electron chi connectivity index (χ2n) is 7.79. The Morgan fingerprint density at radius 2 is 1.41 bits per heavy atom. The van der Waals surface area contributed by atoms with Gasteiger partial charge in [0.1, 0.15) is 11.5 Å². The van der Waals surface area contributed by atoms with Crippen LogP contribution in [0.2, 0.25) is 0 Å². The summed E-state index contributed by atoms with van der Waals surface area (Å²) < 4.78 is 50.8. The molecule has 0 unspecified atom stereocenters. The lowest BCUT2D eigenvalue weighted by atomic mass is 9.98. The second kappa shape index (κ2) is 8.33. The number of methoxy groups -OCH3 is 1. The van der Waals surface area contributed by atoms with Crippen LogP contribution in [0.3, 0.4) is 0 Å². The average molecular weight is 460 g/mol. The van der Waals surface area contributed by atoms with Crippen LogP contribution in [0, 0.1) is 6.92 Å². The normalized spacial score (nSPS) is 11.7. The van der Waals surface area contributed by atoms with Crippen LogP contribution < -0.4 is 4.74 Å². The summed E-state index contributed by atoms with van der Waals surface area (Å²) >= 11 is 0. The Kier molecular flexibility index (Phi) is 5.32. The van der Waals surface area contributed by atoms with Crippen LogP contribution in [0.15, 0.2) is 83.3 Å². The van der Waals surface area contributed by atoms with Crippen LogP contribution in [0.25, 0.3) is 44.9 Å². The van der Waals surface area contributed by atoms with E-state index in [9.17, 15) is 13.2 Å². The lowest BCUT2D eigenvalue weighted by Gasteiger charge is -2.09. The van der Waals surface area contributed by atoms with E-state index in [0.717, 1.165) is 28.8 Å². The van der Waals surface area contributed by atoms with Crippen LogP contribution in [0.4, 0.5) is 13.2 Å². The summed E-state index contributed by atoms with van der Waals surface area (Å²) in [5.41, 5.74) is 3.23. The van der Waals surface area contributed by atoms with Crippen molar-refractivity contribution in [2.45, 2.75) is 13.1 Å². The fourth-order valence-corrected chi connectivity index (χ4v) is 3.93. The number of alkyl halides is 3. The lowest BCUT2D eigenvalue weighted by molar-refractivity contribution is -0.137. The van der Waals surface area contributed by atoms with Crippen molar-refractivity contribution < 1.29 is 22.3 Å². The first-order valence-electron chi connectivity index (χ1n) is 10.5. The molecule has 34 heavy (non-hydrogen) atoms. The zero-order valence-corrected chi connectivity index (χ0v) is 18.4. The minimum absolute atomic E-state index is 0.368. The summed E-state index contributed by atoms with van der Waals surface area (Å²) in [5, 5.41) is 0.708. The van der Waals surface area contributed by atoms with Crippen LogP contribution in [-0.4, -0.2) is 17.1 Å². The van der Waals surface area contributed by atoms with Crippen molar-refractivity contribution in [1.29, 1.82) is 0 Å². The standard InChI is InChI=1S/C27H19F3N2O2/c1-16-22-23(17-10-14-21(33-2)15-11-17)24(18-8-12-20(13-9-18)27(28,29)30)34-26(22)32-25(31-16)19-6-4-3-5-7-19/h3-15H,1-2H3. The molecule has 0 N–H and O–H groups in total. The molecule has 0 amide bonds. The summed E-state index contributed by atoms with van der Waals surface area (Å²) in [7, 11) is 1.58. The molecule has 5 aromatic rings. The molecule has 0 bridgehead atoms. The molecule has 5 rings (SSSR count). The highest BCUT2D eigenvalue weighted by molar-refractivity contribution is 6.02. The number of fused-ring (bicyclic) bond motifs is 1. The Hall–Kier alpha value is -4.13. The van der Waals surface area contributed by atoms with Crippen molar-refractivity contribution in [3.8, 4) is 39.6 Å². The monoisotopic (exact) mass is 460 g/mol. The van der Waals surface area contributed by atoms with Crippen molar-refractivity contribution >= 4 is 11.1 Å². The molecular weight excluding hydrogens is 441 g/mol. The summed E-state index contributed by atoms with van der Waals surface area (Å²) in [6, 6.07) is 21.8. The Morgan fingerprint density at radius 3 is 2.03 bits per heavy atom. The summed E-state index contributed by atoms with van der Waals surface area (Å²) in [6.07, 6.45) is -4.42. The van der Waals surface area contributed by atoms with E-state index < -0.39 is 11.7 Å². The van der Waals surface area contributed by atoms with Crippen molar-refractivity contribution in [2.75, 3.05) is 7.11 Å². The Labute approximate surface area is 193 Å². The molecular formula is C27H19F3N2O2. The number of ether oxygens (including phenoxy) is 1. The predicted octanol–water partition coefficient (Wildman–Crippen LogP) is 7.56. The van der Waals surface area contributed by atoms with E-state index >= 15 is 0 Å².